The van der Waals surface area contributed by atoms with Gasteiger partial charge in [-0.2, -0.15) is 0 Å². The lowest BCUT2D eigenvalue weighted by Crippen LogP contribution is -2.07. The molecule has 1 aliphatic heterocycles. The molecule has 2 nitrogen and oxygen atoms in total. The molecule has 0 bridgehead atoms. The molecule has 1 fully saturated rings. The van der Waals surface area contributed by atoms with Crippen molar-refractivity contribution in [2.24, 2.45) is 0 Å². The third kappa shape index (κ3) is 0.695. The average Bonchev–Trinajstić information content (AvgIpc) is 1.91. The Morgan fingerprint density at radius 3 is 2.43 bits per heavy atom. The van der Waals surface area contributed by atoms with Gasteiger partial charge in [0.1, 0.15) is 0 Å². The van der Waals surface area contributed by atoms with Gasteiger partial charge >= 0.3 is 0 Å². The maximum Gasteiger partial charge on any atom is 0.0491 e. The van der Waals surface area contributed by atoms with Crippen LogP contribution in [0.2, 0.25) is 0 Å². The highest BCUT2D eigenvalue weighted by atomic mass is 14.9. The minimum absolute atomic E-state index is 0.653. The molecule has 0 saturated carbocycles. The molecule has 0 spiro atoms. The first-order chi connectivity index (χ1) is 3.30. The van der Waals surface area contributed by atoms with Crippen molar-refractivity contribution in [3.63, 3.8) is 0 Å². The van der Waals surface area contributed by atoms with Crippen LogP contribution in [-0.2, 0) is 0 Å². The van der Waals surface area contributed by atoms with Gasteiger partial charge in [0.2, 0.25) is 0 Å². The molecule has 0 radical (unpaired) electrons. The van der Waals surface area contributed by atoms with Crippen LogP contribution in [0, 0.1) is 5.41 Å². The van der Waals surface area contributed by atoms with Crippen molar-refractivity contribution in [3.8, 4) is 0 Å². The van der Waals surface area contributed by atoms with Gasteiger partial charge in [-0.15, -0.1) is 0 Å². The third-order valence-electron chi connectivity index (χ3n) is 1.07. The number of hydrogen-bond donors (Lipinski definition) is 2. The van der Waals surface area contributed by atoms with E-state index in [1.165, 1.54) is 0 Å². The van der Waals surface area contributed by atoms with Gasteiger partial charge in [-0.1, -0.05) is 6.58 Å². The molecule has 2 N–H and O–H groups in total. The largest absolute Gasteiger partial charge is 0.307 e. The second kappa shape index (κ2) is 1.46. The van der Waals surface area contributed by atoms with E-state index in [0.29, 0.717) is 12.3 Å². The number of nitrogens with one attached hydrogen (secondary N) is 2. The van der Waals surface area contributed by atoms with Gasteiger partial charge in [-0.25, -0.2) is 0 Å². The number of rotatable bonds is 0. The molecule has 1 rings (SSSR count). The van der Waals surface area contributed by atoms with Gasteiger partial charge in [-0.3, -0.25) is 0 Å². The smallest absolute Gasteiger partial charge is 0.0491 e. The molecular weight excluding hydrogens is 88.1 g/mol. The van der Waals surface area contributed by atoms with E-state index in [9.17, 15) is 0 Å². The molecule has 2 heteroatoms. The zero-order valence-electron chi connectivity index (χ0n) is 4.12. The molecule has 7 heavy (non-hydrogen) atoms. The first kappa shape index (κ1) is 4.53. The lowest BCUT2D eigenvalue weighted by atomic mass is 10.2. The summed E-state index contributed by atoms with van der Waals surface area (Å²) in [5.41, 5.74) is 1.58. The van der Waals surface area contributed by atoms with Crippen LogP contribution in [0.5, 0.6) is 0 Å². The van der Waals surface area contributed by atoms with Crippen LogP contribution in [0.1, 0.15) is 0 Å². The predicted molar refractivity (Wildman–Crippen MR) is 29.7 cm³/mol. The summed E-state index contributed by atoms with van der Waals surface area (Å²) in [4.78, 5) is 0. The summed E-state index contributed by atoms with van der Waals surface area (Å²) in [5.74, 6) is 0. The molecule has 1 saturated heterocycles. The molecule has 0 atom stereocenters. The Bertz CT molecular complexity index is 101. The second-order valence-electron chi connectivity index (χ2n) is 1.69. The zero-order chi connectivity index (χ0) is 5.28. The summed E-state index contributed by atoms with van der Waals surface area (Å²) in [6.45, 7) is 5.16. The van der Waals surface area contributed by atoms with Gasteiger partial charge in [0.15, 0.2) is 0 Å². The van der Waals surface area contributed by atoms with Crippen LogP contribution >= 0.6 is 0 Å². The molecule has 38 valence electrons. The molecule has 0 aromatic rings. The summed E-state index contributed by atoms with van der Waals surface area (Å²) >= 11 is 0. The molecule has 0 aromatic carbocycles. The van der Waals surface area contributed by atoms with Gasteiger partial charge in [0.25, 0.3) is 0 Å². The van der Waals surface area contributed by atoms with Gasteiger partial charge in [0, 0.05) is 18.8 Å². The van der Waals surface area contributed by atoms with E-state index in [-0.39, 0.29) is 0 Å². The Morgan fingerprint density at radius 1 is 1.57 bits per heavy atom. The van der Waals surface area contributed by atoms with Gasteiger partial charge in [-0.05, 0) is 5.57 Å². The first-order valence-electron chi connectivity index (χ1n) is 2.27. The normalized spacial score (nSPS) is 21.1. The fourth-order valence-electron chi connectivity index (χ4n) is 0.570. The maximum absolute atomic E-state index is 7.09. The van der Waals surface area contributed by atoms with Gasteiger partial charge < -0.3 is 10.7 Å². The van der Waals surface area contributed by atoms with E-state index in [1.54, 1.807) is 0 Å². The van der Waals surface area contributed by atoms with Gasteiger partial charge in [0.05, 0.1) is 0 Å². The van der Waals surface area contributed by atoms with Crippen molar-refractivity contribution < 1.29 is 0 Å². The molecule has 0 aromatic heterocycles. The van der Waals surface area contributed by atoms with E-state index < -0.39 is 0 Å². The van der Waals surface area contributed by atoms with Crippen LogP contribution in [-0.4, -0.2) is 18.8 Å². The highest BCUT2D eigenvalue weighted by molar-refractivity contribution is 6.01. The first-order valence-corrected chi connectivity index (χ1v) is 2.27. The van der Waals surface area contributed by atoms with Crippen molar-refractivity contribution in [1.29, 1.82) is 5.41 Å². The Hall–Kier alpha value is -0.630. The van der Waals surface area contributed by atoms with Crippen molar-refractivity contribution in [2.75, 3.05) is 13.1 Å². The fraction of sp³-hybridized carbons (Fsp3) is 0.400. The maximum atomic E-state index is 7.09. The fourth-order valence-corrected chi connectivity index (χ4v) is 0.570. The van der Waals surface area contributed by atoms with E-state index in [4.69, 9.17) is 5.41 Å². The summed E-state index contributed by atoms with van der Waals surface area (Å²) in [7, 11) is 0. The SMILES string of the molecule is C=C1CNCC1=N. The van der Waals surface area contributed by atoms with Crippen LogP contribution in [0.4, 0.5) is 0 Å². The molecule has 1 aliphatic rings. The molecule has 0 amide bonds. The van der Waals surface area contributed by atoms with Crippen LogP contribution < -0.4 is 5.32 Å². The highest BCUT2D eigenvalue weighted by Gasteiger charge is 2.07. The van der Waals surface area contributed by atoms with E-state index >= 15 is 0 Å². The molecule has 0 aliphatic carbocycles. The Balaban J connectivity index is 2.65. The molecular formula is C5H8N2. The second-order valence-corrected chi connectivity index (χ2v) is 1.69. The molecule has 0 unspecified atom stereocenters. The highest BCUT2D eigenvalue weighted by Crippen LogP contribution is 1.95. The Kier molecular flexibility index (Phi) is 0.947. The summed E-state index contributed by atoms with van der Waals surface area (Å²) in [5, 5.41) is 10.1. The summed E-state index contributed by atoms with van der Waals surface area (Å²) in [6, 6.07) is 0. The summed E-state index contributed by atoms with van der Waals surface area (Å²) < 4.78 is 0. The standard InChI is InChI=1S/C5H8N2/c1-4-2-7-3-5(4)6/h6-7H,1-3H2. The van der Waals surface area contributed by atoms with Crippen molar-refractivity contribution >= 4 is 5.71 Å². The lowest BCUT2D eigenvalue weighted by Gasteiger charge is -1.83. The monoisotopic (exact) mass is 96.1 g/mol. The van der Waals surface area contributed by atoms with Crippen molar-refractivity contribution in [1.82, 2.24) is 5.32 Å². The third-order valence-corrected chi connectivity index (χ3v) is 1.07. The van der Waals surface area contributed by atoms with E-state index in [1.807, 2.05) is 0 Å². The topological polar surface area (TPSA) is 35.9 Å². The van der Waals surface area contributed by atoms with Crippen LogP contribution in [0.3, 0.4) is 0 Å². The minimum Gasteiger partial charge on any atom is -0.307 e. The van der Waals surface area contributed by atoms with E-state index in [2.05, 4.69) is 11.9 Å². The quantitative estimate of drug-likeness (QED) is 0.443. The van der Waals surface area contributed by atoms with Crippen molar-refractivity contribution in [3.05, 3.63) is 12.2 Å². The zero-order valence-corrected chi connectivity index (χ0v) is 4.12. The predicted octanol–water partition coefficient (Wildman–Crippen LogP) is 0.166. The summed E-state index contributed by atoms with van der Waals surface area (Å²) in [6.07, 6.45) is 0. The Labute approximate surface area is 42.7 Å². The van der Waals surface area contributed by atoms with E-state index in [0.717, 1.165) is 12.1 Å². The van der Waals surface area contributed by atoms with Crippen LogP contribution in [0.15, 0.2) is 12.2 Å². The average molecular weight is 96.1 g/mol. The molecule has 1 heterocycles. The lowest BCUT2D eigenvalue weighted by molar-refractivity contribution is 0.907. The Morgan fingerprint density at radius 2 is 2.29 bits per heavy atom. The number of hydrogen-bond acceptors (Lipinski definition) is 2. The van der Waals surface area contributed by atoms with Crippen LogP contribution in [0.25, 0.3) is 0 Å². The minimum atomic E-state index is 0.653. The van der Waals surface area contributed by atoms with Crippen molar-refractivity contribution in [2.45, 2.75) is 0 Å².